The van der Waals surface area contributed by atoms with Crippen molar-refractivity contribution >= 4 is 14.6 Å². The van der Waals surface area contributed by atoms with Crippen molar-refractivity contribution in [1.82, 2.24) is 0 Å². The van der Waals surface area contributed by atoms with Crippen molar-refractivity contribution in [2.24, 2.45) is 0 Å². The Hall–Kier alpha value is -0.480. The predicted octanol–water partition coefficient (Wildman–Crippen LogP) is 4.70. The summed E-state index contributed by atoms with van der Waals surface area (Å²) in [5.74, 6) is 0. The van der Waals surface area contributed by atoms with Crippen LogP contribution in [0.15, 0.2) is 34.9 Å². The summed E-state index contributed by atoms with van der Waals surface area (Å²) in [5.41, 5.74) is 3.56. The first-order valence-corrected chi connectivity index (χ1v) is 11.3. The quantitative estimate of drug-likeness (QED) is 0.382. The van der Waals surface area contributed by atoms with Gasteiger partial charge in [-0.3, -0.25) is 4.52 Å². The molecular formula is C15H28O6P2. The van der Waals surface area contributed by atoms with Crippen molar-refractivity contribution in [2.45, 2.75) is 53.4 Å². The molecule has 0 amide bonds. The molecule has 0 aliphatic carbocycles. The molecule has 0 rings (SSSR count). The maximum atomic E-state index is 11.2. The highest BCUT2D eigenvalue weighted by Gasteiger charge is 2.41. The Bertz CT molecular complexity index is 552. The number of allylic oxidation sites excluding steroid dienone is 5. The molecule has 0 aliphatic rings. The van der Waals surface area contributed by atoms with Gasteiger partial charge in [0.1, 0.15) is 0 Å². The minimum Gasteiger partial charge on any atom is -0.316 e. The largest absolute Gasteiger partial charge is 0.438 e. The van der Waals surface area contributed by atoms with Crippen molar-refractivity contribution < 1.29 is 28.3 Å². The summed E-state index contributed by atoms with van der Waals surface area (Å²) >= 11 is 0. The molecule has 1 unspecified atom stereocenters. The SMILES string of the molecule is CC(C)=CCCC(C)=CCCC(C)=CCOP(=O)(O)P(=O)(O)O. The maximum absolute atomic E-state index is 11.2. The van der Waals surface area contributed by atoms with Gasteiger partial charge in [-0.05, 0) is 53.4 Å². The third-order valence-electron chi connectivity index (χ3n) is 3.13. The first-order chi connectivity index (χ1) is 10.5. The first kappa shape index (κ1) is 22.5. The molecule has 0 saturated carbocycles. The summed E-state index contributed by atoms with van der Waals surface area (Å²) in [7, 11) is -10.0. The van der Waals surface area contributed by atoms with Gasteiger partial charge in [-0.15, -0.1) is 0 Å². The van der Waals surface area contributed by atoms with Crippen LogP contribution in [0.25, 0.3) is 0 Å². The fraction of sp³-hybridized carbons (Fsp3) is 0.600. The standard InChI is InChI=1S/C15H28O6P2/c1-13(2)7-5-8-14(3)9-6-10-15(4)11-12-21-23(19,20)22(16,17)18/h7,9,11H,5-6,8,10,12H2,1-4H3,(H,19,20)(H2,16,17,18). The molecule has 0 fully saturated rings. The lowest BCUT2D eigenvalue weighted by molar-refractivity contribution is 0.282. The highest BCUT2D eigenvalue weighted by atomic mass is 32.1. The Kier molecular flexibility index (Phi) is 10.2. The zero-order chi connectivity index (χ0) is 18.1. The van der Waals surface area contributed by atoms with E-state index in [0.717, 1.165) is 31.3 Å². The van der Waals surface area contributed by atoms with Gasteiger partial charge in [0, 0.05) is 0 Å². The molecule has 3 N–H and O–H groups in total. The highest BCUT2D eigenvalue weighted by molar-refractivity contribution is 8.26. The topological polar surface area (TPSA) is 104 Å². The van der Waals surface area contributed by atoms with E-state index in [1.54, 1.807) is 6.08 Å². The second-order valence-corrected chi connectivity index (χ2v) is 11.1. The lowest BCUT2D eigenvalue weighted by atomic mass is 10.1. The third-order valence-corrected chi connectivity index (χ3v) is 6.59. The van der Waals surface area contributed by atoms with E-state index in [-0.39, 0.29) is 6.61 Å². The first-order valence-electron chi connectivity index (χ1n) is 7.43. The van der Waals surface area contributed by atoms with Crippen LogP contribution in [-0.2, 0) is 13.7 Å². The fourth-order valence-corrected chi connectivity index (χ4v) is 2.76. The second-order valence-electron chi connectivity index (χ2n) is 5.76. The number of hydrogen-bond acceptors (Lipinski definition) is 3. The lowest BCUT2D eigenvalue weighted by Crippen LogP contribution is -1.92. The van der Waals surface area contributed by atoms with Gasteiger partial charge in [0.05, 0.1) is 6.61 Å². The Morgan fingerprint density at radius 3 is 1.83 bits per heavy atom. The van der Waals surface area contributed by atoms with Gasteiger partial charge < -0.3 is 14.7 Å². The van der Waals surface area contributed by atoms with E-state index in [9.17, 15) is 9.13 Å². The van der Waals surface area contributed by atoms with Crippen molar-refractivity contribution in [3.63, 3.8) is 0 Å². The van der Waals surface area contributed by atoms with Crippen LogP contribution < -0.4 is 0 Å². The van der Waals surface area contributed by atoms with Crippen LogP contribution >= 0.6 is 14.6 Å². The molecule has 0 aromatic rings. The van der Waals surface area contributed by atoms with E-state index in [1.165, 1.54) is 11.1 Å². The van der Waals surface area contributed by atoms with Crippen LogP contribution in [0.2, 0.25) is 0 Å². The third kappa shape index (κ3) is 10.8. The monoisotopic (exact) mass is 366 g/mol. The van der Waals surface area contributed by atoms with Gasteiger partial charge in [-0.1, -0.05) is 34.9 Å². The highest BCUT2D eigenvalue weighted by Crippen LogP contribution is 2.74. The average molecular weight is 366 g/mol. The lowest BCUT2D eigenvalue weighted by Gasteiger charge is -2.11. The molecule has 0 bridgehead atoms. The van der Waals surface area contributed by atoms with Crippen LogP contribution in [0.5, 0.6) is 0 Å². The van der Waals surface area contributed by atoms with E-state index in [4.69, 9.17) is 14.7 Å². The van der Waals surface area contributed by atoms with E-state index >= 15 is 0 Å². The average Bonchev–Trinajstić information content (AvgIpc) is 2.36. The van der Waals surface area contributed by atoms with Gasteiger partial charge in [0.15, 0.2) is 0 Å². The molecule has 1 atom stereocenters. The normalized spacial score (nSPS) is 16.1. The van der Waals surface area contributed by atoms with Crippen LogP contribution in [0.4, 0.5) is 0 Å². The Balaban J connectivity index is 4.20. The molecule has 8 heteroatoms. The minimum absolute atomic E-state index is 0.298. The van der Waals surface area contributed by atoms with Gasteiger partial charge in [-0.2, -0.15) is 0 Å². The summed E-state index contributed by atoms with van der Waals surface area (Å²) in [6.07, 6.45) is 9.57. The predicted molar refractivity (Wildman–Crippen MR) is 93.2 cm³/mol. The molecule has 134 valence electrons. The molecule has 0 spiro atoms. The van der Waals surface area contributed by atoms with Gasteiger partial charge >= 0.3 is 14.6 Å². The van der Waals surface area contributed by atoms with Crippen LogP contribution in [0, 0.1) is 0 Å². The molecule has 6 nitrogen and oxygen atoms in total. The minimum atomic E-state index is -5.14. The smallest absolute Gasteiger partial charge is 0.316 e. The van der Waals surface area contributed by atoms with Crippen molar-refractivity contribution in [1.29, 1.82) is 0 Å². The van der Waals surface area contributed by atoms with Crippen molar-refractivity contribution in [2.75, 3.05) is 6.61 Å². The summed E-state index contributed by atoms with van der Waals surface area (Å²) in [4.78, 5) is 26.4. The van der Waals surface area contributed by atoms with Gasteiger partial charge in [0.2, 0.25) is 0 Å². The van der Waals surface area contributed by atoms with Crippen LogP contribution in [0.1, 0.15) is 53.4 Å². The second kappa shape index (κ2) is 10.4. The number of hydrogen-bond donors (Lipinski definition) is 3. The van der Waals surface area contributed by atoms with Crippen LogP contribution in [-0.4, -0.2) is 21.3 Å². The molecule has 0 heterocycles. The molecule has 0 aliphatic heterocycles. The molecule has 0 aromatic carbocycles. The van der Waals surface area contributed by atoms with Gasteiger partial charge in [0.25, 0.3) is 0 Å². The maximum Gasteiger partial charge on any atom is 0.438 e. The summed E-state index contributed by atoms with van der Waals surface area (Å²) < 4.78 is 26.3. The molecule has 0 saturated heterocycles. The van der Waals surface area contributed by atoms with Crippen molar-refractivity contribution in [3.8, 4) is 0 Å². The van der Waals surface area contributed by atoms with Gasteiger partial charge in [-0.25, -0.2) is 9.13 Å². The zero-order valence-electron chi connectivity index (χ0n) is 14.2. The Labute approximate surface area is 138 Å². The fourth-order valence-electron chi connectivity index (χ4n) is 1.69. The zero-order valence-corrected chi connectivity index (χ0v) is 16.0. The van der Waals surface area contributed by atoms with E-state index < -0.39 is 14.6 Å². The van der Waals surface area contributed by atoms with E-state index in [0.29, 0.717) is 0 Å². The summed E-state index contributed by atoms with van der Waals surface area (Å²) in [6, 6.07) is 0. The van der Waals surface area contributed by atoms with E-state index in [1.807, 2.05) is 6.92 Å². The molecule has 0 aromatic heterocycles. The van der Waals surface area contributed by atoms with Crippen molar-refractivity contribution in [3.05, 3.63) is 34.9 Å². The molecule has 23 heavy (non-hydrogen) atoms. The molecular weight excluding hydrogens is 338 g/mol. The molecule has 0 radical (unpaired) electrons. The summed E-state index contributed by atoms with van der Waals surface area (Å²) in [6.45, 7) is 7.78. The van der Waals surface area contributed by atoms with E-state index in [2.05, 4.69) is 37.4 Å². The van der Waals surface area contributed by atoms with Crippen LogP contribution in [0.3, 0.4) is 0 Å². The summed E-state index contributed by atoms with van der Waals surface area (Å²) in [5, 5.41) is 0. The Morgan fingerprint density at radius 2 is 1.35 bits per heavy atom. The Morgan fingerprint density at radius 1 is 0.870 bits per heavy atom. The number of rotatable bonds is 10.